The first-order chi connectivity index (χ1) is 8.31. The molecule has 106 valence electrons. The smallest absolute Gasteiger partial charge is 0.220 e. The van der Waals surface area contributed by atoms with Gasteiger partial charge in [0.15, 0.2) is 0 Å². The maximum absolute atomic E-state index is 12.0. The largest absolute Gasteiger partial charge is 0.381 e. The maximum atomic E-state index is 12.0. The molecule has 1 heterocycles. The quantitative estimate of drug-likeness (QED) is 0.783. The molecule has 4 nitrogen and oxygen atoms in total. The van der Waals surface area contributed by atoms with Crippen LogP contribution in [0.3, 0.4) is 0 Å². The molecule has 0 unspecified atom stereocenters. The molecule has 2 atom stereocenters. The van der Waals surface area contributed by atoms with Crippen LogP contribution in [0.1, 0.15) is 33.6 Å². The van der Waals surface area contributed by atoms with Gasteiger partial charge in [-0.15, -0.1) is 0 Å². The number of nitrogens with zero attached hydrogens (tertiary/aromatic N) is 1. The second-order valence-electron chi connectivity index (χ2n) is 6.45. The van der Waals surface area contributed by atoms with Gasteiger partial charge >= 0.3 is 0 Å². The highest BCUT2D eigenvalue weighted by atomic mass is 16.5. The highest BCUT2D eigenvalue weighted by molar-refractivity contribution is 5.76. The van der Waals surface area contributed by atoms with Crippen molar-refractivity contribution in [2.45, 2.75) is 39.7 Å². The van der Waals surface area contributed by atoms with Gasteiger partial charge in [-0.25, -0.2) is 0 Å². The van der Waals surface area contributed by atoms with Gasteiger partial charge in [0.1, 0.15) is 0 Å². The van der Waals surface area contributed by atoms with Crippen molar-refractivity contribution in [3.63, 3.8) is 0 Å². The lowest BCUT2D eigenvalue weighted by Gasteiger charge is -2.35. The first-order valence-corrected chi connectivity index (χ1v) is 6.83. The third-order valence-electron chi connectivity index (χ3n) is 3.77. The zero-order valence-electron chi connectivity index (χ0n) is 12.5. The minimum absolute atomic E-state index is 0.0747. The number of nitrogens with one attached hydrogen (secondary N) is 1. The number of rotatable bonds is 6. The monoisotopic (exact) mass is 256 g/mol. The van der Waals surface area contributed by atoms with Crippen LogP contribution in [0.25, 0.3) is 0 Å². The fraction of sp³-hybridized carbons (Fsp3) is 0.929. The lowest BCUT2D eigenvalue weighted by atomic mass is 9.84. The van der Waals surface area contributed by atoms with Crippen LogP contribution < -0.4 is 5.32 Å². The van der Waals surface area contributed by atoms with Crippen LogP contribution in [-0.2, 0) is 9.53 Å². The summed E-state index contributed by atoms with van der Waals surface area (Å²) in [6, 6.07) is 0.176. The lowest BCUT2D eigenvalue weighted by Crippen LogP contribution is -2.47. The highest BCUT2D eigenvalue weighted by Crippen LogP contribution is 2.22. The summed E-state index contributed by atoms with van der Waals surface area (Å²) in [4.78, 5) is 14.1. The van der Waals surface area contributed by atoms with E-state index in [1.54, 1.807) is 0 Å². The molecular formula is C14H28N2O2. The van der Waals surface area contributed by atoms with Gasteiger partial charge in [0, 0.05) is 32.2 Å². The van der Waals surface area contributed by atoms with Crippen molar-refractivity contribution >= 4 is 5.91 Å². The first-order valence-electron chi connectivity index (χ1n) is 6.83. The van der Waals surface area contributed by atoms with E-state index in [-0.39, 0.29) is 17.4 Å². The van der Waals surface area contributed by atoms with E-state index in [1.807, 2.05) is 0 Å². The van der Waals surface area contributed by atoms with Crippen molar-refractivity contribution < 1.29 is 9.53 Å². The van der Waals surface area contributed by atoms with E-state index in [1.165, 1.54) is 0 Å². The predicted octanol–water partition coefficient (Wildman–Crippen LogP) is 1.51. The molecule has 0 aromatic rings. The van der Waals surface area contributed by atoms with E-state index in [4.69, 9.17) is 4.74 Å². The predicted molar refractivity (Wildman–Crippen MR) is 73.5 cm³/mol. The molecule has 0 spiro atoms. The first kappa shape index (κ1) is 15.4. The minimum atomic E-state index is 0.0747. The standard InChI is InChI=1S/C14H28N2O2/c1-11(14(2,3)10-16(4)5)15-13(17)8-12-6-7-18-9-12/h11-12H,6-10H2,1-5H3,(H,15,17)/t11-,12-/m1/s1. The summed E-state index contributed by atoms with van der Waals surface area (Å²) < 4.78 is 5.30. The molecule has 0 aromatic heterocycles. The second-order valence-corrected chi connectivity index (χ2v) is 6.45. The summed E-state index contributed by atoms with van der Waals surface area (Å²) in [6.07, 6.45) is 1.62. The number of ether oxygens (including phenoxy) is 1. The van der Waals surface area contributed by atoms with Crippen LogP contribution in [0.2, 0.25) is 0 Å². The Morgan fingerprint density at radius 2 is 2.17 bits per heavy atom. The Morgan fingerprint density at radius 3 is 2.67 bits per heavy atom. The van der Waals surface area contributed by atoms with Gasteiger partial charge in [0.25, 0.3) is 0 Å². The number of hydrogen-bond donors (Lipinski definition) is 1. The van der Waals surface area contributed by atoms with Crippen molar-refractivity contribution in [3.05, 3.63) is 0 Å². The molecule has 1 N–H and O–H groups in total. The van der Waals surface area contributed by atoms with E-state index in [9.17, 15) is 4.79 Å². The second kappa shape index (κ2) is 6.53. The van der Waals surface area contributed by atoms with Crippen molar-refractivity contribution in [2.24, 2.45) is 11.3 Å². The molecule has 0 bridgehead atoms. The van der Waals surface area contributed by atoms with Gasteiger partial charge in [0.2, 0.25) is 5.91 Å². The van der Waals surface area contributed by atoms with E-state index < -0.39 is 0 Å². The number of hydrogen-bond acceptors (Lipinski definition) is 3. The van der Waals surface area contributed by atoms with Crippen LogP contribution >= 0.6 is 0 Å². The molecule has 18 heavy (non-hydrogen) atoms. The normalized spacial score (nSPS) is 22.2. The summed E-state index contributed by atoms with van der Waals surface area (Å²) in [7, 11) is 4.12. The molecule has 1 fully saturated rings. The van der Waals surface area contributed by atoms with Gasteiger partial charge in [-0.3, -0.25) is 4.79 Å². The van der Waals surface area contributed by atoms with E-state index in [0.29, 0.717) is 12.3 Å². The molecule has 1 saturated heterocycles. The summed E-state index contributed by atoms with van der Waals surface area (Å²) in [5.41, 5.74) is 0.0747. The Labute approximate surface area is 111 Å². The summed E-state index contributed by atoms with van der Waals surface area (Å²) in [5, 5.41) is 3.13. The highest BCUT2D eigenvalue weighted by Gasteiger charge is 2.28. The SMILES string of the molecule is C[C@@H](NC(=O)C[C@H]1CCOC1)C(C)(C)CN(C)C. The van der Waals surface area contributed by atoms with Gasteiger partial charge in [0.05, 0.1) is 0 Å². The van der Waals surface area contributed by atoms with E-state index >= 15 is 0 Å². The third kappa shape index (κ3) is 4.94. The van der Waals surface area contributed by atoms with Crippen molar-refractivity contribution in [1.29, 1.82) is 0 Å². The minimum Gasteiger partial charge on any atom is -0.381 e. The lowest BCUT2D eigenvalue weighted by molar-refractivity contribution is -0.123. The van der Waals surface area contributed by atoms with Crippen LogP contribution in [0.15, 0.2) is 0 Å². The Kier molecular flexibility index (Phi) is 5.60. The van der Waals surface area contributed by atoms with Crippen molar-refractivity contribution in [1.82, 2.24) is 10.2 Å². The van der Waals surface area contributed by atoms with Gasteiger partial charge in [-0.1, -0.05) is 13.8 Å². The molecule has 0 radical (unpaired) electrons. The molecule has 0 aromatic carbocycles. The average molecular weight is 256 g/mol. The Hall–Kier alpha value is -0.610. The fourth-order valence-corrected chi connectivity index (χ4v) is 2.45. The molecule has 1 rings (SSSR count). The molecule has 1 amide bonds. The van der Waals surface area contributed by atoms with Crippen LogP contribution in [-0.4, -0.2) is 50.7 Å². The van der Waals surface area contributed by atoms with Gasteiger partial charge in [-0.05, 0) is 38.8 Å². The number of amides is 1. The fourth-order valence-electron chi connectivity index (χ4n) is 2.45. The van der Waals surface area contributed by atoms with Crippen molar-refractivity contribution in [3.8, 4) is 0 Å². The van der Waals surface area contributed by atoms with Gasteiger partial charge < -0.3 is 15.0 Å². The third-order valence-corrected chi connectivity index (χ3v) is 3.77. The maximum Gasteiger partial charge on any atom is 0.220 e. The topological polar surface area (TPSA) is 41.6 Å². The molecule has 0 aliphatic carbocycles. The molecule has 0 saturated carbocycles. The Balaban J connectivity index is 2.37. The molecule has 1 aliphatic heterocycles. The van der Waals surface area contributed by atoms with Crippen LogP contribution in [0.5, 0.6) is 0 Å². The summed E-state index contributed by atoms with van der Waals surface area (Å²) >= 11 is 0. The zero-order chi connectivity index (χ0) is 13.8. The molecule has 4 heteroatoms. The zero-order valence-corrected chi connectivity index (χ0v) is 12.5. The Morgan fingerprint density at radius 1 is 1.50 bits per heavy atom. The summed E-state index contributed by atoms with van der Waals surface area (Å²) in [6.45, 7) is 8.98. The molecular weight excluding hydrogens is 228 g/mol. The number of carbonyl (C=O) groups is 1. The number of carbonyl (C=O) groups excluding carboxylic acids is 1. The Bertz CT molecular complexity index is 271. The average Bonchev–Trinajstić information content (AvgIpc) is 2.67. The molecule has 1 aliphatic rings. The van der Waals surface area contributed by atoms with Crippen molar-refractivity contribution in [2.75, 3.05) is 33.9 Å². The van der Waals surface area contributed by atoms with Crippen LogP contribution in [0, 0.1) is 11.3 Å². The van der Waals surface area contributed by atoms with Crippen LogP contribution in [0.4, 0.5) is 0 Å². The summed E-state index contributed by atoms with van der Waals surface area (Å²) in [5.74, 6) is 0.569. The van der Waals surface area contributed by atoms with E-state index in [0.717, 1.165) is 26.2 Å². The van der Waals surface area contributed by atoms with E-state index in [2.05, 4.69) is 45.1 Å². The van der Waals surface area contributed by atoms with Gasteiger partial charge in [-0.2, -0.15) is 0 Å².